The van der Waals surface area contributed by atoms with Crippen LogP contribution in [0.4, 0.5) is 0 Å². The van der Waals surface area contributed by atoms with E-state index in [9.17, 15) is 0 Å². The topological polar surface area (TPSA) is 12.9 Å². The average molecular weight is 226 g/mol. The van der Waals surface area contributed by atoms with E-state index in [-0.39, 0.29) is 0 Å². The Morgan fingerprint density at radius 2 is 2.50 bits per heavy atom. The molecule has 0 atom stereocenters. The minimum atomic E-state index is 0.943. The van der Waals surface area contributed by atoms with Crippen LogP contribution < -0.4 is 0 Å². The first-order chi connectivity index (χ1) is 5.86. The monoisotopic (exact) mass is 225 g/mol. The average Bonchev–Trinajstić information content (AvgIpc) is 2.16. The van der Waals surface area contributed by atoms with Crippen molar-refractivity contribution in [2.75, 3.05) is 5.33 Å². The van der Waals surface area contributed by atoms with Crippen LogP contribution in [0.3, 0.4) is 0 Å². The van der Waals surface area contributed by atoms with Gasteiger partial charge in [0.05, 0.1) is 0 Å². The molecule has 0 bridgehead atoms. The van der Waals surface area contributed by atoms with Gasteiger partial charge in [-0.2, -0.15) is 0 Å². The molecule has 0 amide bonds. The zero-order chi connectivity index (χ0) is 8.81. The maximum atomic E-state index is 4.05. The summed E-state index contributed by atoms with van der Waals surface area (Å²) in [5.74, 6) is 0. The lowest BCUT2D eigenvalue weighted by atomic mass is 10.1. The molecule has 0 aromatic carbocycles. The number of allylic oxidation sites excluding steroid dienone is 1. The van der Waals surface area contributed by atoms with Crippen LogP contribution in [-0.4, -0.2) is 10.3 Å². The molecule has 0 N–H and O–H groups in total. The van der Waals surface area contributed by atoms with E-state index in [4.69, 9.17) is 0 Å². The number of alkyl halides is 1. The highest BCUT2D eigenvalue weighted by Gasteiger charge is 1.91. The Hall–Kier alpha value is -0.630. The van der Waals surface area contributed by atoms with Gasteiger partial charge in [-0.1, -0.05) is 40.6 Å². The smallest absolute Gasteiger partial charge is 0.0340 e. The number of halogens is 1. The van der Waals surface area contributed by atoms with Crippen LogP contribution in [0.15, 0.2) is 30.1 Å². The summed E-state index contributed by atoms with van der Waals surface area (Å²) in [7, 11) is 0. The van der Waals surface area contributed by atoms with Crippen LogP contribution >= 0.6 is 15.9 Å². The molecule has 2 heteroatoms. The van der Waals surface area contributed by atoms with Crippen molar-refractivity contribution in [3.05, 3.63) is 35.7 Å². The largest absolute Gasteiger partial charge is 0.264 e. The van der Waals surface area contributed by atoms with Crippen molar-refractivity contribution >= 4 is 22.0 Å². The molecule has 0 spiro atoms. The van der Waals surface area contributed by atoms with E-state index in [0.29, 0.717) is 0 Å². The van der Waals surface area contributed by atoms with Gasteiger partial charge in [0.2, 0.25) is 0 Å². The quantitative estimate of drug-likeness (QED) is 0.721. The number of hydrogen-bond acceptors (Lipinski definition) is 1. The second kappa shape index (κ2) is 5.09. The molecule has 0 fully saturated rings. The number of aromatic nitrogens is 1. The van der Waals surface area contributed by atoms with E-state index in [2.05, 4.69) is 40.0 Å². The minimum Gasteiger partial charge on any atom is -0.264 e. The van der Waals surface area contributed by atoms with Crippen molar-refractivity contribution in [3.63, 3.8) is 0 Å². The third kappa shape index (κ3) is 2.78. The Balaban J connectivity index is 2.79. The van der Waals surface area contributed by atoms with Crippen LogP contribution in [0.25, 0.3) is 6.08 Å². The van der Waals surface area contributed by atoms with E-state index in [0.717, 1.165) is 11.8 Å². The van der Waals surface area contributed by atoms with E-state index in [1.807, 2.05) is 12.3 Å². The molecule has 12 heavy (non-hydrogen) atoms. The van der Waals surface area contributed by atoms with Gasteiger partial charge in [-0.3, -0.25) is 4.98 Å². The van der Waals surface area contributed by atoms with Gasteiger partial charge in [0.15, 0.2) is 0 Å². The number of hydrogen-bond donors (Lipinski definition) is 0. The summed E-state index contributed by atoms with van der Waals surface area (Å²) in [4.78, 5) is 4.05. The summed E-state index contributed by atoms with van der Waals surface area (Å²) < 4.78 is 0. The maximum absolute atomic E-state index is 4.05. The van der Waals surface area contributed by atoms with Crippen LogP contribution in [-0.2, 0) is 0 Å². The molecule has 0 radical (unpaired) electrons. The van der Waals surface area contributed by atoms with Crippen molar-refractivity contribution in [3.8, 4) is 0 Å². The van der Waals surface area contributed by atoms with Gasteiger partial charge in [-0.05, 0) is 18.1 Å². The molecule has 0 saturated carbocycles. The van der Waals surface area contributed by atoms with Crippen molar-refractivity contribution < 1.29 is 0 Å². The predicted molar refractivity (Wildman–Crippen MR) is 56.3 cm³/mol. The van der Waals surface area contributed by atoms with Gasteiger partial charge in [-0.15, -0.1) is 0 Å². The number of rotatable bonds is 3. The Morgan fingerprint density at radius 1 is 1.67 bits per heavy atom. The van der Waals surface area contributed by atoms with E-state index >= 15 is 0 Å². The van der Waals surface area contributed by atoms with E-state index in [1.54, 1.807) is 6.20 Å². The Labute approximate surface area is 81.7 Å². The van der Waals surface area contributed by atoms with Crippen LogP contribution in [0.5, 0.6) is 0 Å². The van der Waals surface area contributed by atoms with Crippen LogP contribution in [0, 0.1) is 0 Å². The van der Waals surface area contributed by atoms with Crippen molar-refractivity contribution in [2.45, 2.75) is 13.3 Å². The first-order valence-corrected chi connectivity index (χ1v) is 5.14. The normalized spacial score (nSPS) is 11.7. The van der Waals surface area contributed by atoms with Crippen molar-refractivity contribution in [1.82, 2.24) is 4.98 Å². The second-order valence-electron chi connectivity index (χ2n) is 2.58. The molecule has 0 aliphatic rings. The predicted octanol–water partition coefficient (Wildman–Crippen LogP) is 3.27. The number of pyridine rings is 1. The first-order valence-electron chi connectivity index (χ1n) is 4.02. The fourth-order valence-corrected chi connectivity index (χ4v) is 1.49. The fourth-order valence-electron chi connectivity index (χ4n) is 0.932. The molecule has 1 heterocycles. The summed E-state index contributed by atoms with van der Waals surface area (Å²) >= 11 is 3.44. The number of nitrogens with zero attached hydrogens (tertiary/aromatic N) is 1. The Kier molecular flexibility index (Phi) is 4.01. The summed E-state index contributed by atoms with van der Waals surface area (Å²) in [6, 6.07) is 4.01. The molecule has 1 nitrogen and oxygen atoms in total. The molecule has 1 aromatic heterocycles. The highest BCUT2D eigenvalue weighted by Crippen LogP contribution is 2.10. The Morgan fingerprint density at radius 3 is 3.00 bits per heavy atom. The Bertz CT molecular complexity index is 248. The lowest BCUT2D eigenvalue weighted by Gasteiger charge is -1.98. The molecule has 1 rings (SSSR count). The van der Waals surface area contributed by atoms with E-state index < -0.39 is 0 Å². The molecule has 64 valence electrons. The molecule has 0 aliphatic carbocycles. The van der Waals surface area contributed by atoms with Gasteiger partial charge >= 0.3 is 0 Å². The lowest BCUT2D eigenvalue weighted by molar-refractivity contribution is 1.12. The zero-order valence-electron chi connectivity index (χ0n) is 7.13. The molecule has 0 unspecified atom stereocenters. The van der Waals surface area contributed by atoms with Gasteiger partial charge < -0.3 is 0 Å². The minimum absolute atomic E-state index is 0.943. The summed E-state index contributed by atoms with van der Waals surface area (Å²) in [5.41, 5.74) is 2.57. The molecule has 1 aromatic rings. The standard InChI is InChI=1S/C10H12BrN/c1-2-9(7-11)6-10-4-3-5-12-8-10/h3-6,8H,2,7H2,1H3. The summed E-state index contributed by atoms with van der Waals surface area (Å²) in [5, 5.41) is 0.943. The third-order valence-electron chi connectivity index (χ3n) is 1.68. The maximum Gasteiger partial charge on any atom is 0.0340 e. The van der Waals surface area contributed by atoms with Gasteiger partial charge in [0, 0.05) is 17.7 Å². The zero-order valence-corrected chi connectivity index (χ0v) is 8.71. The van der Waals surface area contributed by atoms with Crippen molar-refractivity contribution in [2.24, 2.45) is 0 Å². The van der Waals surface area contributed by atoms with Crippen LogP contribution in [0.1, 0.15) is 18.9 Å². The third-order valence-corrected chi connectivity index (χ3v) is 2.40. The summed E-state index contributed by atoms with van der Waals surface area (Å²) in [6.45, 7) is 2.16. The highest BCUT2D eigenvalue weighted by molar-refractivity contribution is 9.09. The van der Waals surface area contributed by atoms with Gasteiger partial charge in [-0.25, -0.2) is 0 Å². The SMILES string of the molecule is CCC(=Cc1cccnc1)CBr. The fraction of sp³-hybridized carbons (Fsp3) is 0.300. The highest BCUT2D eigenvalue weighted by atomic mass is 79.9. The van der Waals surface area contributed by atoms with Gasteiger partial charge in [0.25, 0.3) is 0 Å². The van der Waals surface area contributed by atoms with Crippen LogP contribution in [0.2, 0.25) is 0 Å². The lowest BCUT2D eigenvalue weighted by Crippen LogP contribution is -1.82. The second-order valence-corrected chi connectivity index (χ2v) is 3.14. The van der Waals surface area contributed by atoms with E-state index in [1.165, 1.54) is 11.1 Å². The van der Waals surface area contributed by atoms with Gasteiger partial charge in [0.1, 0.15) is 0 Å². The first kappa shape index (κ1) is 9.46. The summed E-state index contributed by atoms with van der Waals surface area (Å²) in [6.07, 6.45) is 6.91. The molecule has 0 aliphatic heterocycles. The molecular formula is C10H12BrN. The molecule has 0 saturated heterocycles. The molecular weight excluding hydrogens is 214 g/mol. The van der Waals surface area contributed by atoms with Crippen molar-refractivity contribution in [1.29, 1.82) is 0 Å².